The van der Waals surface area contributed by atoms with E-state index >= 15 is 0 Å². The first-order chi connectivity index (χ1) is 15.3. The van der Waals surface area contributed by atoms with Gasteiger partial charge in [-0.25, -0.2) is 4.98 Å². The van der Waals surface area contributed by atoms with Crippen molar-refractivity contribution in [3.63, 3.8) is 0 Å². The van der Waals surface area contributed by atoms with Gasteiger partial charge in [0, 0.05) is 29.2 Å². The maximum atomic E-state index is 5.28. The SMILES string of the molecule is COc1ccc(-c2cc(NCCCNCCC3CCCCN3)c3ccccc3n2)cc1. The van der Waals surface area contributed by atoms with Crippen LogP contribution in [-0.4, -0.2) is 44.3 Å². The third-order valence-corrected chi connectivity index (χ3v) is 6.03. The molecule has 1 aromatic heterocycles. The van der Waals surface area contributed by atoms with Crippen LogP contribution in [0.4, 0.5) is 5.69 Å². The van der Waals surface area contributed by atoms with Crippen LogP contribution < -0.4 is 20.7 Å². The van der Waals surface area contributed by atoms with Gasteiger partial charge < -0.3 is 20.7 Å². The number of nitrogens with zero attached hydrogens (tertiary/aromatic N) is 1. The molecular formula is C26H34N4O. The van der Waals surface area contributed by atoms with Gasteiger partial charge in [0.2, 0.25) is 0 Å². The number of anilines is 1. The Morgan fingerprint density at radius 1 is 1.03 bits per heavy atom. The minimum absolute atomic E-state index is 0.707. The summed E-state index contributed by atoms with van der Waals surface area (Å²) in [5.41, 5.74) is 4.22. The van der Waals surface area contributed by atoms with Crippen molar-refractivity contribution in [2.75, 3.05) is 38.6 Å². The van der Waals surface area contributed by atoms with E-state index in [1.165, 1.54) is 32.2 Å². The van der Waals surface area contributed by atoms with Crippen LogP contribution >= 0.6 is 0 Å². The second-order valence-corrected chi connectivity index (χ2v) is 8.27. The first kappa shape index (κ1) is 21.6. The molecule has 1 saturated heterocycles. The predicted molar refractivity (Wildman–Crippen MR) is 130 cm³/mol. The van der Waals surface area contributed by atoms with Gasteiger partial charge in [-0.1, -0.05) is 24.6 Å². The van der Waals surface area contributed by atoms with Gasteiger partial charge in [-0.2, -0.15) is 0 Å². The molecule has 1 atom stereocenters. The summed E-state index contributed by atoms with van der Waals surface area (Å²) in [4.78, 5) is 4.88. The van der Waals surface area contributed by atoms with E-state index in [1.54, 1.807) is 7.11 Å². The normalized spacial score (nSPS) is 16.4. The summed E-state index contributed by atoms with van der Waals surface area (Å²) in [5, 5.41) is 12.0. The molecule has 3 N–H and O–H groups in total. The zero-order chi connectivity index (χ0) is 21.3. The van der Waals surface area contributed by atoms with Crippen LogP contribution in [0.15, 0.2) is 54.6 Å². The molecule has 2 heterocycles. The zero-order valence-corrected chi connectivity index (χ0v) is 18.5. The van der Waals surface area contributed by atoms with E-state index in [1.807, 2.05) is 18.2 Å². The number of para-hydroxylation sites is 1. The molecule has 0 spiro atoms. The van der Waals surface area contributed by atoms with Gasteiger partial charge in [0.1, 0.15) is 5.75 Å². The first-order valence-electron chi connectivity index (χ1n) is 11.6. The average molecular weight is 419 g/mol. The van der Waals surface area contributed by atoms with Crippen LogP contribution in [0.2, 0.25) is 0 Å². The van der Waals surface area contributed by atoms with Crippen LogP contribution in [0.1, 0.15) is 32.1 Å². The molecule has 1 fully saturated rings. The Balaban J connectivity index is 1.33. The number of hydrogen-bond donors (Lipinski definition) is 3. The Hall–Kier alpha value is -2.63. The van der Waals surface area contributed by atoms with Gasteiger partial charge in [0.25, 0.3) is 0 Å². The molecule has 31 heavy (non-hydrogen) atoms. The van der Waals surface area contributed by atoms with Crippen molar-refractivity contribution in [3.8, 4) is 17.0 Å². The number of fused-ring (bicyclic) bond motifs is 1. The molecule has 5 nitrogen and oxygen atoms in total. The molecule has 0 saturated carbocycles. The summed E-state index contributed by atoms with van der Waals surface area (Å²) in [7, 11) is 1.69. The van der Waals surface area contributed by atoms with E-state index in [2.05, 4.69) is 52.3 Å². The lowest BCUT2D eigenvalue weighted by Crippen LogP contribution is -2.36. The Morgan fingerprint density at radius 3 is 2.71 bits per heavy atom. The number of nitrogens with one attached hydrogen (secondary N) is 3. The second kappa shape index (κ2) is 11.1. The molecule has 1 aliphatic heterocycles. The fourth-order valence-electron chi connectivity index (χ4n) is 4.24. The van der Waals surface area contributed by atoms with E-state index in [4.69, 9.17) is 9.72 Å². The van der Waals surface area contributed by atoms with Gasteiger partial charge in [-0.3, -0.25) is 0 Å². The summed E-state index contributed by atoms with van der Waals surface area (Å²) in [6.45, 7) is 4.25. The third kappa shape index (κ3) is 5.96. The highest BCUT2D eigenvalue weighted by atomic mass is 16.5. The number of hydrogen-bond acceptors (Lipinski definition) is 5. The quantitative estimate of drug-likeness (QED) is 0.412. The molecule has 164 valence electrons. The van der Waals surface area contributed by atoms with Crippen LogP contribution in [-0.2, 0) is 0 Å². The van der Waals surface area contributed by atoms with Crippen LogP contribution in [0.25, 0.3) is 22.2 Å². The van der Waals surface area contributed by atoms with Gasteiger partial charge in [-0.05, 0) is 81.7 Å². The van der Waals surface area contributed by atoms with E-state index in [0.29, 0.717) is 6.04 Å². The maximum absolute atomic E-state index is 5.28. The molecule has 1 unspecified atom stereocenters. The standard InChI is InChI=1S/C26H34N4O/c1-31-22-12-10-20(11-13-22)25-19-26(23-8-2-3-9-24(23)30-25)29-17-6-15-27-18-14-21-7-4-5-16-28-21/h2-3,8-13,19,21,27-28H,4-7,14-18H2,1H3,(H,29,30). The van der Waals surface area contributed by atoms with E-state index in [0.717, 1.165) is 59.7 Å². The van der Waals surface area contributed by atoms with Crippen LogP contribution in [0.3, 0.4) is 0 Å². The second-order valence-electron chi connectivity index (χ2n) is 8.27. The lowest BCUT2D eigenvalue weighted by Gasteiger charge is -2.23. The topological polar surface area (TPSA) is 58.2 Å². The number of pyridine rings is 1. The van der Waals surface area contributed by atoms with Crippen molar-refractivity contribution in [2.45, 2.75) is 38.1 Å². The molecular weight excluding hydrogens is 384 g/mol. The highest BCUT2D eigenvalue weighted by Gasteiger charge is 2.11. The van der Waals surface area contributed by atoms with Crippen molar-refractivity contribution < 1.29 is 4.74 Å². The highest BCUT2D eigenvalue weighted by Crippen LogP contribution is 2.29. The largest absolute Gasteiger partial charge is 0.497 e. The lowest BCUT2D eigenvalue weighted by molar-refractivity contribution is 0.376. The molecule has 5 heteroatoms. The molecule has 1 aliphatic rings. The zero-order valence-electron chi connectivity index (χ0n) is 18.5. The predicted octanol–water partition coefficient (Wildman–Crippen LogP) is 4.83. The molecule has 0 bridgehead atoms. The fourth-order valence-corrected chi connectivity index (χ4v) is 4.24. The minimum Gasteiger partial charge on any atom is -0.497 e. The lowest BCUT2D eigenvalue weighted by atomic mass is 10.0. The van der Waals surface area contributed by atoms with Crippen molar-refractivity contribution in [3.05, 3.63) is 54.6 Å². The molecule has 0 aliphatic carbocycles. The van der Waals surface area contributed by atoms with Gasteiger partial charge >= 0.3 is 0 Å². The Bertz CT molecular complexity index is 951. The number of piperidine rings is 1. The number of ether oxygens (including phenoxy) is 1. The van der Waals surface area contributed by atoms with Crippen molar-refractivity contribution in [1.29, 1.82) is 0 Å². The van der Waals surface area contributed by atoms with Gasteiger partial charge in [0.05, 0.1) is 18.3 Å². The minimum atomic E-state index is 0.707. The molecule has 3 aromatic rings. The summed E-state index contributed by atoms with van der Waals surface area (Å²) >= 11 is 0. The number of aromatic nitrogens is 1. The van der Waals surface area contributed by atoms with Crippen molar-refractivity contribution in [1.82, 2.24) is 15.6 Å². The smallest absolute Gasteiger partial charge is 0.118 e. The number of rotatable bonds is 10. The Morgan fingerprint density at radius 2 is 1.90 bits per heavy atom. The molecule has 2 aromatic carbocycles. The highest BCUT2D eigenvalue weighted by molar-refractivity contribution is 5.93. The van der Waals surface area contributed by atoms with E-state index in [9.17, 15) is 0 Å². The summed E-state index contributed by atoms with van der Waals surface area (Å²) < 4.78 is 5.28. The third-order valence-electron chi connectivity index (χ3n) is 6.03. The monoisotopic (exact) mass is 418 g/mol. The Labute approximate surface area is 185 Å². The van der Waals surface area contributed by atoms with Crippen LogP contribution in [0.5, 0.6) is 5.75 Å². The molecule has 0 radical (unpaired) electrons. The van der Waals surface area contributed by atoms with Crippen LogP contribution in [0, 0.1) is 0 Å². The van der Waals surface area contributed by atoms with E-state index < -0.39 is 0 Å². The molecule has 0 amide bonds. The summed E-state index contributed by atoms with van der Waals surface area (Å²) in [6, 6.07) is 19.3. The Kier molecular flexibility index (Phi) is 7.75. The average Bonchev–Trinajstić information content (AvgIpc) is 2.84. The summed E-state index contributed by atoms with van der Waals surface area (Å²) in [5.74, 6) is 0.856. The summed E-state index contributed by atoms with van der Waals surface area (Å²) in [6.07, 6.45) is 6.36. The number of benzene rings is 2. The number of methoxy groups -OCH3 is 1. The van der Waals surface area contributed by atoms with Crippen molar-refractivity contribution in [2.24, 2.45) is 0 Å². The van der Waals surface area contributed by atoms with E-state index in [-0.39, 0.29) is 0 Å². The fraction of sp³-hybridized carbons (Fsp3) is 0.423. The van der Waals surface area contributed by atoms with Gasteiger partial charge in [-0.15, -0.1) is 0 Å². The molecule has 4 rings (SSSR count). The van der Waals surface area contributed by atoms with Gasteiger partial charge in [0.15, 0.2) is 0 Å². The van der Waals surface area contributed by atoms with Crippen molar-refractivity contribution >= 4 is 16.6 Å². The first-order valence-corrected chi connectivity index (χ1v) is 11.6. The maximum Gasteiger partial charge on any atom is 0.118 e.